The van der Waals surface area contributed by atoms with E-state index in [1.54, 1.807) is 7.11 Å². The summed E-state index contributed by atoms with van der Waals surface area (Å²) in [7, 11) is 1.70. The van der Waals surface area contributed by atoms with Crippen LogP contribution in [-0.2, 0) is 11.3 Å². The monoisotopic (exact) mass is 251 g/mol. The van der Waals surface area contributed by atoms with Crippen LogP contribution in [-0.4, -0.2) is 23.6 Å². The van der Waals surface area contributed by atoms with E-state index >= 15 is 0 Å². The number of rotatable bonds is 7. The van der Waals surface area contributed by atoms with Gasteiger partial charge in [-0.15, -0.1) is 0 Å². The van der Waals surface area contributed by atoms with E-state index in [4.69, 9.17) is 4.74 Å². The number of aromatic nitrogens is 2. The van der Waals surface area contributed by atoms with Crippen molar-refractivity contribution in [3.63, 3.8) is 0 Å². The van der Waals surface area contributed by atoms with E-state index in [-0.39, 0.29) is 6.10 Å². The van der Waals surface area contributed by atoms with E-state index in [0.717, 1.165) is 24.5 Å². The van der Waals surface area contributed by atoms with Crippen molar-refractivity contribution in [2.75, 3.05) is 13.7 Å². The molecule has 1 aromatic heterocycles. The van der Waals surface area contributed by atoms with Gasteiger partial charge in [0.1, 0.15) is 6.10 Å². The molecule has 18 heavy (non-hydrogen) atoms. The van der Waals surface area contributed by atoms with E-state index < -0.39 is 0 Å². The molecule has 1 aromatic rings. The van der Waals surface area contributed by atoms with Crippen molar-refractivity contribution >= 4 is 0 Å². The molecule has 1 rings (SSSR count). The van der Waals surface area contributed by atoms with Gasteiger partial charge in [0.2, 0.25) is 0 Å². The molecule has 0 spiro atoms. The van der Waals surface area contributed by atoms with E-state index in [2.05, 4.69) is 43.0 Å². The second-order valence-corrected chi connectivity index (χ2v) is 5.37. The summed E-state index contributed by atoms with van der Waals surface area (Å²) in [6, 6.07) is 0. The minimum atomic E-state index is -0.0253. The summed E-state index contributed by atoms with van der Waals surface area (Å²) in [6.45, 7) is 10.4. The summed E-state index contributed by atoms with van der Waals surface area (Å²) in [5.74, 6) is 1.80. The Hall–Kier alpha value is -1.00. The van der Waals surface area contributed by atoms with Gasteiger partial charge in [-0.2, -0.15) is 0 Å². The van der Waals surface area contributed by atoms with E-state index in [1.807, 2.05) is 12.4 Å². The third-order valence-corrected chi connectivity index (χ3v) is 2.72. The summed E-state index contributed by atoms with van der Waals surface area (Å²) in [5, 5.41) is 3.38. The van der Waals surface area contributed by atoms with Crippen LogP contribution in [0.5, 0.6) is 0 Å². The molecule has 0 amide bonds. The maximum absolute atomic E-state index is 5.41. The van der Waals surface area contributed by atoms with Crippen molar-refractivity contribution in [2.45, 2.75) is 40.3 Å². The van der Waals surface area contributed by atoms with Crippen LogP contribution in [0.1, 0.15) is 45.2 Å². The number of ether oxygens (including phenoxy) is 1. The summed E-state index contributed by atoms with van der Waals surface area (Å²) < 4.78 is 5.41. The zero-order chi connectivity index (χ0) is 13.5. The Labute approximate surface area is 110 Å². The molecule has 1 atom stereocenters. The van der Waals surface area contributed by atoms with Gasteiger partial charge in [-0.25, -0.2) is 9.97 Å². The van der Waals surface area contributed by atoms with Crippen molar-refractivity contribution < 1.29 is 4.74 Å². The molecule has 4 nitrogen and oxygen atoms in total. The molecule has 0 saturated carbocycles. The lowest BCUT2D eigenvalue weighted by Gasteiger charge is -2.17. The summed E-state index contributed by atoms with van der Waals surface area (Å²) in [5.41, 5.74) is 1.11. The van der Waals surface area contributed by atoms with E-state index in [9.17, 15) is 0 Å². The molecule has 0 saturated heterocycles. The fourth-order valence-corrected chi connectivity index (χ4v) is 1.78. The largest absolute Gasteiger partial charge is 0.373 e. The molecule has 0 aromatic carbocycles. The predicted octanol–water partition coefficient (Wildman–Crippen LogP) is 2.57. The molecule has 0 radical (unpaired) electrons. The number of methoxy groups -OCH3 is 1. The number of hydrogen-bond acceptors (Lipinski definition) is 4. The Bertz CT molecular complexity index is 335. The average Bonchev–Trinajstić information content (AvgIpc) is 2.31. The second-order valence-electron chi connectivity index (χ2n) is 5.37. The number of nitrogens with zero attached hydrogens (tertiary/aromatic N) is 2. The van der Waals surface area contributed by atoms with Gasteiger partial charge >= 0.3 is 0 Å². The lowest BCUT2D eigenvalue weighted by Crippen LogP contribution is -2.19. The minimum Gasteiger partial charge on any atom is -0.373 e. The Kier molecular flexibility index (Phi) is 6.22. The van der Waals surface area contributed by atoms with Crippen LogP contribution >= 0.6 is 0 Å². The van der Waals surface area contributed by atoms with Crippen molar-refractivity contribution in [1.82, 2.24) is 15.3 Å². The Morgan fingerprint density at radius 3 is 2.22 bits per heavy atom. The molecular weight excluding hydrogens is 226 g/mol. The average molecular weight is 251 g/mol. The number of nitrogens with one attached hydrogen (secondary N) is 1. The highest BCUT2D eigenvalue weighted by Crippen LogP contribution is 2.21. The normalized spacial score (nSPS) is 13.3. The van der Waals surface area contributed by atoms with Crippen molar-refractivity contribution in [3.05, 3.63) is 23.8 Å². The first-order valence-electron chi connectivity index (χ1n) is 6.59. The van der Waals surface area contributed by atoms with Crippen LogP contribution in [0, 0.1) is 11.8 Å². The van der Waals surface area contributed by atoms with Gasteiger partial charge in [0.15, 0.2) is 5.82 Å². The van der Waals surface area contributed by atoms with Crippen LogP contribution in [0.3, 0.4) is 0 Å². The zero-order valence-corrected chi connectivity index (χ0v) is 12.1. The Balaban J connectivity index is 2.56. The fraction of sp³-hybridized carbons (Fsp3) is 0.714. The highest BCUT2D eigenvalue weighted by molar-refractivity contribution is 5.06. The molecule has 0 bridgehead atoms. The van der Waals surface area contributed by atoms with Crippen LogP contribution in [0.4, 0.5) is 0 Å². The highest BCUT2D eigenvalue weighted by atomic mass is 16.5. The van der Waals surface area contributed by atoms with Gasteiger partial charge in [-0.3, -0.25) is 0 Å². The third-order valence-electron chi connectivity index (χ3n) is 2.72. The standard InChI is InChI=1S/C14H25N3O/c1-10(2)6-15-7-12-8-16-14(17-9-12)13(18-5)11(3)4/h8-11,13,15H,6-7H2,1-5H3. The predicted molar refractivity (Wildman–Crippen MR) is 73.2 cm³/mol. The maximum Gasteiger partial charge on any atom is 0.157 e. The van der Waals surface area contributed by atoms with Gasteiger partial charge in [-0.05, 0) is 18.4 Å². The van der Waals surface area contributed by atoms with Gasteiger partial charge in [0, 0.05) is 31.6 Å². The maximum atomic E-state index is 5.41. The zero-order valence-electron chi connectivity index (χ0n) is 12.1. The first kappa shape index (κ1) is 15.1. The number of hydrogen-bond donors (Lipinski definition) is 1. The SMILES string of the molecule is COC(c1ncc(CNCC(C)C)cn1)C(C)C. The minimum absolute atomic E-state index is 0.0253. The Morgan fingerprint density at radius 1 is 1.17 bits per heavy atom. The van der Waals surface area contributed by atoms with Gasteiger partial charge in [0.05, 0.1) is 0 Å². The smallest absolute Gasteiger partial charge is 0.157 e. The summed E-state index contributed by atoms with van der Waals surface area (Å²) in [6.07, 6.45) is 3.73. The van der Waals surface area contributed by atoms with Gasteiger partial charge < -0.3 is 10.1 Å². The molecule has 4 heteroatoms. The van der Waals surface area contributed by atoms with Crippen LogP contribution in [0.25, 0.3) is 0 Å². The fourth-order valence-electron chi connectivity index (χ4n) is 1.78. The molecule has 1 unspecified atom stereocenters. The quantitative estimate of drug-likeness (QED) is 0.809. The first-order chi connectivity index (χ1) is 8.54. The molecule has 102 valence electrons. The van der Waals surface area contributed by atoms with E-state index in [0.29, 0.717) is 11.8 Å². The topological polar surface area (TPSA) is 47.0 Å². The lowest BCUT2D eigenvalue weighted by molar-refractivity contribution is 0.0574. The molecular formula is C14H25N3O. The molecule has 0 aliphatic rings. The molecule has 1 heterocycles. The summed E-state index contributed by atoms with van der Waals surface area (Å²) in [4.78, 5) is 8.79. The second kappa shape index (κ2) is 7.44. The highest BCUT2D eigenvalue weighted by Gasteiger charge is 2.17. The molecule has 0 aliphatic carbocycles. The van der Waals surface area contributed by atoms with Gasteiger partial charge in [0.25, 0.3) is 0 Å². The molecule has 0 fully saturated rings. The van der Waals surface area contributed by atoms with Crippen molar-refractivity contribution in [2.24, 2.45) is 11.8 Å². The lowest BCUT2D eigenvalue weighted by atomic mass is 10.1. The van der Waals surface area contributed by atoms with Crippen LogP contribution < -0.4 is 5.32 Å². The van der Waals surface area contributed by atoms with Crippen LogP contribution in [0.2, 0.25) is 0 Å². The van der Waals surface area contributed by atoms with Crippen LogP contribution in [0.15, 0.2) is 12.4 Å². The molecule has 1 N–H and O–H groups in total. The molecule has 0 aliphatic heterocycles. The van der Waals surface area contributed by atoms with Gasteiger partial charge in [-0.1, -0.05) is 27.7 Å². The summed E-state index contributed by atoms with van der Waals surface area (Å²) >= 11 is 0. The van der Waals surface area contributed by atoms with Crippen molar-refractivity contribution in [1.29, 1.82) is 0 Å². The third kappa shape index (κ3) is 4.70. The van der Waals surface area contributed by atoms with Crippen molar-refractivity contribution in [3.8, 4) is 0 Å². The Morgan fingerprint density at radius 2 is 1.78 bits per heavy atom. The van der Waals surface area contributed by atoms with E-state index in [1.165, 1.54) is 0 Å². The first-order valence-corrected chi connectivity index (χ1v) is 6.59.